The SMILES string of the molecule is CC(C)NCc1c(Cl)cccc1N(CCCO)C1CCC1. The van der Waals surface area contributed by atoms with Gasteiger partial charge in [-0.1, -0.05) is 31.5 Å². The Hall–Kier alpha value is -0.770. The molecule has 2 rings (SSSR count). The number of nitrogens with zero attached hydrogens (tertiary/aromatic N) is 1. The molecule has 0 spiro atoms. The Kier molecular flexibility index (Phi) is 6.34. The van der Waals surface area contributed by atoms with Crippen LogP contribution in [-0.4, -0.2) is 30.3 Å². The fourth-order valence-electron chi connectivity index (χ4n) is 2.74. The molecule has 0 aromatic heterocycles. The molecule has 0 aliphatic heterocycles. The highest BCUT2D eigenvalue weighted by atomic mass is 35.5. The van der Waals surface area contributed by atoms with Gasteiger partial charge in [0.2, 0.25) is 0 Å². The molecule has 21 heavy (non-hydrogen) atoms. The Balaban J connectivity index is 2.23. The van der Waals surface area contributed by atoms with Crippen LogP contribution in [0.25, 0.3) is 0 Å². The molecule has 0 unspecified atom stereocenters. The summed E-state index contributed by atoms with van der Waals surface area (Å²) < 4.78 is 0. The molecule has 1 aromatic carbocycles. The van der Waals surface area contributed by atoms with E-state index in [1.54, 1.807) is 0 Å². The number of rotatable bonds is 8. The van der Waals surface area contributed by atoms with E-state index in [-0.39, 0.29) is 6.61 Å². The van der Waals surface area contributed by atoms with Gasteiger partial charge >= 0.3 is 0 Å². The van der Waals surface area contributed by atoms with E-state index in [9.17, 15) is 0 Å². The van der Waals surface area contributed by atoms with E-state index >= 15 is 0 Å². The Bertz CT molecular complexity index is 446. The highest BCUT2D eigenvalue weighted by Gasteiger charge is 2.26. The lowest BCUT2D eigenvalue weighted by atomic mass is 9.90. The number of benzene rings is 1. The molecule has 1 fully saturated rings. The van der Waals surface area contributed by atoms with Crippen molar-refractivity contribution in [3.63, 3.8) is 0 Å². The fraction of sp³-hybridized carbons (Fsp3) is 0.647. The second-order valence-electron chi connectivity index (χ2n) is 6.13. The Labute approximate surface area is 133 Å². The van der Waals surface area contributed by atoms with Crippen LogP contribution in [0.3, 0.4) is 0 Å². The summed E-state index contributed by atoms with van der Waals surface area (Å²) in [6.45, 7) is 6.21. The minimum atomic E-state index is 0.239. The van der Waals surface area contributed by atoms with Gasteiger partial charge in [0.15, 0.2) is 0 Å². The quantitative estimate of drug-likeness (QED) is 0.770. The van der Waals surface area contributed by atoms with Crippen LogP contribution in [0.4, 0.5) is 5.69 Å². The monoisotopic (exact) mass is 310 g/mol. The predicted octanol–water partition coefficient (Wildman–Crippen LogP) is 3.58. The first-order valence-corrected chi connectivity index (χ1v) is 8.39. The van der Waals surface area contributed by atoms with Crippen molar-refractivity contribution < 1.29 is 5.11 Å². The zero-order valence-electron chi connectivity index (χ0n) is 13.1. The minimum Gasteiger partial charge on any atom is -0.396 e. The number of hydrogen-bond acceptors (Lipinski definition) is 3. The predicted molar refractivity (Wildman–Crippen MR) is 90.1 cm³/mol. The molecule has 1 saturated carbocycles. The van der Waals surface area contributed by atoms with E-state index in [0.29, 0.717) is 12.1 Å². The second-order valence-corrected chi connectivity index (χ2v) is 6.54. The molecular weight excluding hydrogens is 284 g/mol. The average Bonchev–Trinajstić information content (AvgIpc) is 2.39. The van der Waals surface area contributed by atoms with Crippen molar-refractivity contribution in [2.75, 3.05) is 18.1 Å². The average molecular weight is 311 g/mol. The van der Waals surface area contributed by atoms with Gasteiger partial charge < -0.3 is 15.3 Å². The van der Waals surface area contributed by atoms with Crippen molar-refractivity contribution in [1.82, 2.24) is 5.32 Å². The largest absolute Gasteiger partial charge is 0.396 e. The fourth-order valence-corrected chi connectivity index (χ4v) is 2.97. The molecule has 4 heteroatoms. The van der Waals surface area contributed by atoms with E-state index in [0.717, 1.165) is 24.5 Å². The van der Waals surface area contributed by atoms with Crippen LogP contribution < -0.4 is 10.2 Å². The van der Waals surface area contributed by atoms with E-state index in [1.807, 2.05) is 12.1 Å². The normalized spacial score (nSPS) is 15.3. The Morgan fingerprint density at radius 2 is 2.14 bits per heavy atom. The molecule has 0 heterocycles. The van der Waals surface area contributed by atoms with Crippen LogP contribution >= 0.6 is 11.6 Å². The van der Waals surface area contributed by atoms with Gasteiger partial charge in [-0.25, -0.2) is 0 Å². The van der Waals surface area contributed by atoms with Crippen molar-refractivity contribution in [3.8, 4) is 0 Å². The van der Waals surface area contributed by atoms with Crippen molar-refractivity contribution in [2.24, 2.45) is 0 Å². The lowest BCUT2D eigenvalue weighted by Gasteiger charge is -2.40. The summed E-state index contributed by atoms with van der Waals surface area (Å²) in [5, 5.41) is 13.5. The maximum absolute atomic E-state index is 9.17. The summed E-state index contributed by atoms with van der Waals surface area (Å²) in [5.41, 5.74) is 2.41. The van der Waals surface area contributed by atoms with Gasteiger partial charge in [0, 0.05) is 48.1 Å². The molecule has 0 amide bonds. The molecule has 1 aliphatic carbocycles. The lowest BCUT2D eigenvalue weighted by Crippen LogP contribution is -2.42. The third-order valence-corrected chi connectivity index (χ3v) is 4.52. The van der Waals surface area contributed by atoms with Crippen LogP contribution in [0.5, 0.6) is 0 Å². The molecule has 0 saturated heterocycles. The van der Waals surface area contributed by atoms with Gasteiger partial charge in [0.05, 0.1) is 0 Å². The summed E-state index contributed by atoms with van der Waals surface area (Å²) in [6.07, 6.45) is 4.60. The molecule has 2 N–H and O–H groups in total. The van der Waals surface area contributed by atoms with Crippen LogP contribution in [0.15, 0.2) is 18.2 Å². The van der Waals surface area contributed by atoms with Crippen molar-refractivity contribution in [3.05, 3.63) is 28.8 Å². The number of aliphatic hydroxyl groups is 1. The number of aliphatic hydroxyl groups excluding tert-OH is 1. The zero-order chi connectivity index (χ0) is 15.2. The van der Waals surface area contributed by atoms with Crippen molar-refractivity contribution >= 4 is 17.3 Å². The van der Waals surface area contributed by atoms with Gasteiger partial charge in [-0.2, -0.15) is 0 Å². The Morgan fingerprint density at radius 1 is 1.38 bits per heavy atom. The molecule has 1 aliphatic rings. The van der Waals surface area contributed by atoms with Gasteiger partial charge in [-0.15, -0.1) is 0 Å². The van der Waals surface area contributed by atoms with E-state index in [2.05, 4.69) is 30.1 Å². The van der Waals surface area contributed by atoms with Crippen LogP contribution in [0.2, 0.25) is 5.02 Å². The molecule has 0 atom stereocenters. The smallest absolute Gasteiger partial charge is 0.0471 e. The molecular formula is C17H27ClN2O. The summed E-state index contributed by atoms with van der Waals surface area (Å²) in [6, 6.07) is 7.20. The second kappa shape index (κ2) is 8.02. The first-order valence-electron chi connectivity index (χ1n) is 8.01. The maximum Gasteiger partial charge on any atom is 0.0471 e. The highest BCUT2D eigenvalue weighted by molar-refractivity contribution is 6.31. The topological polar surface area (TPSA) is 35.5 Å². The van der Waals surface area contributed by atoms with Gasteiger partial charge in [0.1, 0.15) is 0 Å². The van der Waals surface area contributed by atoms with Crippen LogP contribution in [0.1, 0.15) is 45.1 Å². The van der Waals surface area contributed by atoms with Gasteiger partial charge in [-0.3, -0.25) is 0 Å². The summed E-state index contributed by atoms with van der Waals surface area (Å²) in [5.74, 6) is 0. The van der Waals surface area contributed by atoms with Crippen LogP contribution in [-0.2, 0) is 6.54 Å². The first-order chi connectivity index (χ1) is 10.1. The number of hydrogen-bond donors (Lipinski definition) is 2. The van der Waals surface area contributed by atoms with Gasteiger partial charge in [-0.05, 0) is 37.8 Å². The zero-order valence-corrected chi connectivity index (χ0v) is 13.9. The molecule has 1 aromatic rings. The Morgan fingerprint density at radius 3 is 2.71 bits per heavy atom. The number of anilines is 1. The van der Waals surface area contributed by atoms with E-state index in [4.69, 9.17) is 16.7 Å². The first kappa shape index (κ1) is 16.6. The molecule has 0 bridgehead atoms. The number of nitrogens with one attached hydrogen (secondary N) is 1. The standard InChI is InChI=1S/C17H27ClN2O/c1-13(2)19-12-15-16(18)8-4-9-17(15)20(10-5-11-21)14-6-3-7-14/h4,8-9,13-14,19,21H,3,5-7,10-12H2,1-2H3. The molecule has 118 valence electrons. The van der Waals surface area contributed by atoms with E-state index < -0.39 is 0 Å². The third kappa shape index (κ3) is 4.35. The third-order valence-electron chi connectivity index (χ3n) is 4.16. The highest BCUT2D eigenvalue weighted by Crippen LogP contribution is 2.34. The van der Waals surface area contributed by atoms with E-state index in [1.165, 1.54) is 30.5 Å². The van der Waals surface area contributed by atoms with Crippen molar-refractivity contribution in [1.29, 1.82) is 0 Å². The minimum absolute atomic E-state index is 0.239. The summed E-state index contributed by atoms with van der Waals surface area (Å²) >= 11 is 6.44. The molecule has 3 nitrogen and oxygen atoms in total. The maximum atomic E-state index is 9.17. The van der Waals surface area contributed by atoms with Crippen molar-refractivity contribution in [2.45, 2.75) is 58.2 Å². The molecule has 0 radical (unpaired) electrons. The van der Waals surface area contributed by atoms with Crippen LogP contribution in [0, 0.1) is 0 Å². The summed E-state index contributed by atoms with van der Waals surface area (Å²) in [7, 11) is 0. The lowest BCUT2D eigenvalue weighted by molar-refractivity contribution is 0.283. The van der Waals surface area contributed by atoms with Gasteiger partial charge in [0.25, 0.3) is 0 Å². The summed E-state index contributed by atoms with van der Waals surface area (Å²) in [4.78, 5) is 2.45. The number of halogens is 1.